The molecule has 0 radical (unpaired) electrons. The van der Waals surface area contributed by atoms with Crippen LogP contribution in [-0.4, -0.2) is 98.7 Å². The zero-order valence-electron chi connectivity index (χ0n) is 28.3. The number of amides is 1. The Morgan fingerprint density at radius 1 is 0.981 bits per heavy atom. The molecule has 16 nitrogen and oxygen atoms in total. The number of hydrogen-bond donors (Lipinski definition) is 4. The number of nitrogens with zero attached hydrogens (tertiary/aromatic N) is 10. The highest BCUT2D eigenvalue weighted by Crippen LogP contribution is 2.39. The second kappa shape index (κ2) is 14.4. The fraction of sp³-hybridized carbons (Fsp3) is 0.333. The summed E-state index contributed by atoms with van der Waals surface area (Å²) in [5.41, 5.74) is 3.68. The number of pyridine rings is 1. The van der Waals surface area contributed by atoms with Gasteiger partial charge in [0.1, 0.15) is 12.2 Å². The normalized spacial score (nSPS) is 21.6. The van der Waals surface area contributed by atoms with Crippen LogP contribution in [0.25, 0.3) is 11.2 Å². The first-order valence-corrected chi connectivity index (χ1v) is 17.3. The molecule has 0 bridgehead atoms. The molecular weight excluding hydrogens is 664 g/mol. The van der Waals surface area contributed by atoms with Gasteiger partial charge in [-0.15, -0.1) is 10.2 Å². The molecule has 8 rings (SSSR count). The fourth-order valence-corrected chi connectivity index (χ4v) is 6.79. The van der Waals surface area contributed by atoms with Crippen molar-refractivity contribution in [1.82, 2.24) is 50.0 Å². The molecule has 2 aliphatic rings. The quantitative estimate of drug-likeness (QED) is 0.154. The van der Waals surface area contributed by atoms with Crippen LogP contribution >= 0.6 is 0 Å². The van der Waals surface area contributed by atoms with Gasteiger partial charge in [0, 0.05) is 49.6 Å². The van der Waals surface area contributed by atoms with E-state index in [9.17, 15) is 15.0 Å². The molecule has 0 unspecified atom stereocenters. The summed E-state index contributed by atoms with van der Waals surface area (Å²) in [6.45, 7) is 3.94. The molecule has 266 valence electrons. The molecule has 2 aromatic carbocycles. The largest absolute Gasteiger partial charge is 0.387 e. The summed E-state index contributed by atoms with van der Waals surface area (Å²) in [6, 6.07) is 23.7. The first kappa shape index (κ1) is 33.3. The number of nitrogens with one attached hydrogen (secondary N) is 2. The lowest BCUT2D eigenvalue weighted by atomic mass is 9.91. The van der Waals surface area contributed by atoms with Gasteiger partial charge in [0.05, 0.1) is 12.9 Å². The number of aromatic nitrogens is 9. The fourth-order valence-electron chi connectivity index (χ4n) is 6.79. The minimum atomic E-state index is -1.34. The highest BCUT2D eigenvalue weighted by Gasteiger charge is 2.47. The maximum Gasteiger partial charge on any atom is 0.251 e. The number of hydrogen-bond acceptors (Lipinski definition) is 13. The molecule has 0 saturated carbocycles. The van der Waals surface area contributed by atoms with Gasteiger partial charge in [-0.1, -0.05) is 60.7 Å². The van der Waals surface area contributed by atoms with Gasteiger partial charge in [0.2, 0.25) is 11.8 Å². The van der Waals surface area contributed by atoms with Crippen LogP contribution in [0.5, 0.6) is 0 Å². The highest BCUT2D eigenvalue weighted by molar-refractivity contribution is 5.94. The van der Waals surface area contributed by atoms with Crippen LogP contribution in [0.15, 0.2) is 91.5 Å². The van der Waals surface area contributed by atoms with E-state index in [-0.39, 0.29) is 23.7 Å². The van der Waals surface area contributed by atoms with E-state index in [0.717, 1.165) is 11.1 Å². The Kier molecular flexibility index (Phi) is 9.24. The van der Waals surface area contributed by atoms with Crippen LogP contribution in [0.2, 0.25) is 0 Å². The Hall–Kier alpha value is -5.84. The first-order chi connectivity index (χ1) is 25.5. The summed E-state index contributed by atoms with van der Waals surface area (Å²) in [4.78, 5) is 35.0. The number of carbonyl (C=O) groups is 1. The van der Waals surface area contributed by atoms with E-state index in [1.54, 1.807) is 29.1 Å². The van der Waals surface area contributed by atoms with Gasteiger partial charge >= 0.3 is 0 Å². The van der Waals surface area contributed by atoms with Gasteiger partial charge in [0.15, 0.2) is 29.3 Å². The molecule has 2 fully saturated rings. The third-order valence-electron chi connectivity index (χ3n) is 9.55. The van der Waals surface area contributed by atoms with Crippen molar-refractivity contribution in [2.24, 2.45) is 0 Å². The van der Waals surface area contributed by atoms with Crippen molar-refractivity contribution in [3.63, 3.8) is 0 Å². The number of anilines is 2. The van der Waals surface area contributed by atoms with E-state index in [1.807, 2.05) is 48.2 Å². The van der Waals surface area contributed by atoms with E-state index in [4.69, 9.17) is 19.7 Å². The number of aryl methyl sites for hydroxylation is 1. The lowest BCUT2D eigenvalue weighted by Crippen LogP contribution is -2.37. The number of benzene rings is 2. The molecule has 2 saturated heterocycles. The van der Waals surface area contributed by atoms with Gasteiger partial charge in [-0.2, -0.15) is 14.8 Å². The van der Waals surface area contributed by atoms with Crippen molar-refractivity contribution in [2.45, 2.75) is 56.4 Å². The number of aliphatic hydroxyl groups is 2. The van der Waals surface area contributed by atoms with Crippen molar-refractivity contribution in [3.8, 4) is 0 Å². The average Bonchev–Trinajstić information content (AvgIpc) is 4.00. The molecule has 6 aromatic rings. The topological polar surface area (TPSA) is 194 Å². The third-order valence-corrected chi connectivity index (χ3v) is 9.55. The van der Waals surface area contributed by atoms with Crippen LogP contribution in [0.3, 0.4) is 0 Å². The molecule has 0 aliphatic carbocycles. The minimum absolute atomic E-state index is 0.00236. The van der Waals surface area contributed by atoms with Crippen molar-refractivity contribution in [3.05, 3.63) is 114 Å². The Balaban J connectivity index is 1.12. The lowest BCUT2D eigenvalue weighted by Gasteiger charge is -2.22. The molecule has 1 amide bonds. The van der Waals surface area contributed by atoms with Gasteiger partial charge in [-0.25, -0.2) is 4.98 Å². The summed E-state index contributed by atoms with van der Waals surface area (Å²) in [6.07, 6.45) is 0.666. The van der Waals surface area contributed by atoms with E-state index in [2.05, 4.69) is 55.3 Å². The minimum Gasteiger partial charge on any atom is -0.387 e. The molecule has 0 spiro atoms. The number of carbonyl (C=O) groups excluding carboxylic acids is 1. The second-order valence-corrected chi connectivity index (χ2v) is 12.9. The van der Waals surface area contributed by atoms with Crippen LogP contribution in [0.1, 0.15) is 58.9 Å². The number of rotatable bonds is 11. The predicted molar refractivity (Wildman–Crippen MR) is 189 cm³/mol. The second-order valence-electron chi connectivity index (χ2n) is 12.9. The summed E-state index contributed by atoms with van der Waals surface area (Å²) >= 11 is 0. The molecule has 16 heteroatoms. The van der Waals surface area contributed by atoms with Crippen LogP contribution in [-0.2, 0) is 11.3 Å². The van der Waals surface area contributed by atoms with Crippen molar-refractivity contribution in [2.75, 3.05) is 29.9 Å². The maximum atomic E-state index is 12.9. The molecule has 4 N–H and O–H groups in total. The van der Waals surface area contributed by atoms with Crippen molar-refractivity contribution in [1.29, 1.82) is 0 Å². The highest BCUT2D eigenvalue weighted by atomic mass is 16.6. The Morgan fingerprint density at radius 2 is 1.71 bits per heavy atom. The van der Waals surface area contributed by atoms with Crippen LogP contribution in [0.4, 0.5) is 11.8 Å². The van der Waals surface area contributed by atoms with Gasteiger partial charge < -0.3 is 30.5 Å². The summed E-state index contributed by atoms with van der Waals surface area (Å²) in [7, 11) is 0. The van der Waals surface area contributed by atoms with Crippen molar-refractivity contribution < 1.29 is 19.7 Å². The van der Waals surface area contributed by atoms with Crippen molar-refractivity contribution >= 4 is 28.8 Å². The number of aliphatic hydroxyl groups excluding tert-OH is 2. The SMILES string of the molecule is CCn1nnc([C@H]2O[C@@H](n3cnc4c(NCC(c5ccccc5)c5ccccc5)nc(N5CC[C@@H](NC(=O)c6ccncc6)C5)nc43)[C@H](O)[C@@H]2O)n1. The molecular formula is C36H38N12O4. The maximum absolute atomic E-state index is 12.9. The van der Waals surface area contributed by atoms with Gasteiger partial charge in [-0.05, 0) is 41.8 Å². The number of fused-ring (bicyclic) bond motifs is 1. The Morgan fingerprint density at radius 3 is 2.40 bits per heavy atom. The third kappa shape index (κ3) is 6.54. The standard InChI is InChI=1S/C36H38N12O4/c1-2-48-44-32(43-45-48)30-28(49)29(50)35(52-30)47-21-39-27-31(38-19-26(22-9-5-3-6-10-22)23-11-7-4-8-12-23)41-36(42-33(27)47)46-18-15-25(20-46)40-34(51)24-13-16-37-17-14-24/h3-14,16-17,21,25-26,28-30,35,49-50H,2,15,18-20H2,1H3,(H,40,51)(H,38,41,42)/t25-,28+,29-,30+,35-/m1/s1. The van der Waals surface area contributed by atoms with E-state index >= 15 is 0 Å². The molecule has 4 aromatic heterocycles. The average molecular weight is 703 g/mol. The van der Waals surface area contributed by atoms with Gasteiger partial charge in [-0.3, -0.25) is 14.3 Å². The van der Waals surface area contributed by atoms with E-state index in [0.29, 0.717) is 61.1 Å². The molecule has 52 heavy (non-hydrogen) atoms. The summed E-state index contributed by atoms with van der Waals surface area (Å²) in [5, 5.41) is 41.3. The summed E-state index contributed by atoms with van der Waals surface area (Å²) < 4.78 is 7.81. The van der Waals surface area contributed by atoms with Crippen LogP contribution in [0, 0.1) is 0 Å². The number of imidazole rings is 1. The zero-order chi connectivity index (χ0) is 35.6. The number of tetrazole rings is 1. The first-order valence-electron chi connectivity index (χ1n) is 17.3. The van der Waals surface area contributed by atoms with E-state index < -0.39 is 24.5 Å². The predicted octanol–water partition coefficient (Wildman–Crippen LogP) is 2.47. The Bertz CT molecular complexity index is 2090. The zero-order valence-corrected chi connectivity index (χ0v) is 28.3. The monoisotopic (exact) mass is 702 g/mol. The Labute approximate surface area is 298 Å². The van der Waals surface area contributed by atoms with E-state index in [1.165, 1.54) is 11.1 Å². The lowest BCUT2D eigenvalue weighted by molar-refractivity contribution is -0.0384. The molecule has 2 aliphatic heterocycles. The molecule has 6 heterocycles. The van der Waals surface area contributed by atoms with Gasteiger partial charge in [0.25, 0.3) is 5.91 Å². The smallest absolute Gasteiger partial charge is 0.251 e. The molecule has 5 atom stereocenters. The van der Waals surface area contributed by atoms with Crippen LogP contribution < -0.4 is 15.5 Å². The summed E-state index contributed by atoms with van der Waals surface area (Å²) in [5.74, 6) is 0.913. The number of ether oxygens (including phenoxy) is 1.